The summed E-state index contributed by atoms with van der Waals surface area (Å²) in [4.78, 5) is 25.5. The van der Waals surface area contributed by atoms with E-state index in [1.165, 1.54) is 35.6 Å². The summed E-state index contributed by atoms with van der Waals surface area (Å²) in [6.07, 6.45) is 3.40. The number of non-ortho nitro benzene ring substituents is 1. The third kappa shape index (κ3) is 3.86. The topological polar surface area (TPSA) is 112 Å². The largest absolute Gasteiger partial charge is 0.456 e. The van der Waals surface area contributed by atoms with Gasteiger partial charge in [0, 0.05) is 23.2 Å². The molecule has 2 aromatic carbocycles. The highest BCUT2D eigenvalue weighted by Gasteiger charge is 2.18. The molecule has 10 heteroatoms. The molecule has 0 aliphatic carbocycles. The molecule has 144 valence electrons. The fraction of sp³-hybridized carbons (Fsp3) is 0. The zero-order valence-electron chi connectivity index (χ0n) is 14.4. The first kappa shape index (κ1) is 18.8. The summed E-state index contributed by atoms with van der Waals surface area (Å²) in [6.45, 7) is 0. The average molecular weight is 428 g/mol. The zero-order chi connectivity index (χ0) is 20.5. The van der Waals surface area contributed by atoms with E-state index in [1.54, 1.807) is 36.4 Å². The number of hydrogen-bond acceptors (Lipinski definition) is 7. The molecular formula is C19H10ClN3O5S. The zero-order valence-corrected chi connectivity index (χ0v) is 16.0. The molecule has 0 amide bonds. The van der Waals surface area contributed by atoms with Crippen molar-refractivity contribution >= 4 is 56.7 Å². The van der Waals surface area contributed by atoms with Crippen LogP contribution in [0.1, 0.15) is 10.8 Å². The van der Waals surface area contributed by atoms with Crippen LogP contribution in [0, 0.1) is 20.2 Å². The van der Waals surface area contributed by atoms with Crippen LogP contribution in [-0.4, -0.2) is 14.8 Å². The smallest absolute Gasteiger partial charge is 0.281 e. The Balaban J connectivity index is 1.61. The number of fused-ring (bicyclic) bond motifs is 1. The second kappa shape index (κ2) is 7.46. The number of hydrogen-bond donors (Lipinski definition) is 0. The molecule has 2 aromatic heterocycles. The number of rotatable bonds is 5. The van der Waals surface area contributed by atoms with Gasteiger partial charge in [0.15, 0.2) is 0 Å². The number of nitro groups is 2. The van der Waals surface area contributed by atoms with E-state index in [0.29, 0.717) is 27.6 Å². The minimum atomic E-state index is -0.514. The highest BCUT2D eigenvalue weighted by atomic mass is 35.5. The third-order valence-corrected chi connectivity index (χ3v) is 5.27. The van der Waals surface area contributed by atoms with Gasteiger partial charge in [-0.15, -0.1) is 11.3 Å². The van der Waals surface area contributed by atoms with Gasteiger partial charge in [0.2, 0.25) is 0 Å². The van der Waals surface area contributed by atoms with Crippen LogP contribution in [0.3, 0.4) is 0 Å². The van der Waals surface area contributed by atoms with Crippen LogP contribution in [0.25, 0.3) is 33.7 Å². The van der Waals surface area contributed by atoms with Gasteiger partial charge in [0.25, 0.3) is 11.4 Å². The average Bonchev–Trinajstić information content (AvgIpc) is 3.32. The van der Waals surface area contributed by atoms with Crippen LogP contribution in [0.15, 0.2) is 52.9 Å². The number of furan rings is 1. The SMILES string of the molecule is O=[N+]([O-])c1ccc2sc(/C=C/c3ccc(-c4ccc(Cl)cc4[N+](=O)[O-])o3)nc2c1. The fourth-order valence-electron chi connectivity index (χ4n) is 2.72. The summed E-state index contributed by atoms with van der Waals surface area (Å²) < 4.78 is 6.53. The van der Waals surface area contributed by atoms with Crippen molar-refractivity contribution in [2.75, 3.05) is 0 Å². The van der Waals surface area contributed by atoms with E-state index in [2.05, 4.69) is 4.98 Å². The molecule has 0 bridgehead atoms. The summed E-state index contributed by atoms with van der Waals surface area (Å²) >= 11 is 7.22. The Bertz CT molecular complexity index is 1290. The molecule has 0 radical (unpaired) electrons. The molecule has 29 heavy (non-hydrogen) atoms. The van der Waals surface area contributed by atoms with E-state index in [1.807, 2.05) is 0 Å². The second-order valence-corrected chi connectivity index (χ2v) is 7.41. The van der Waals surface area contributed by atoms with Gasteiger partial charge in [-0.3, -0.25) is 20.2 Å². The first-order chi connectivity index (χ1) is 13.9. The quantitative estimate of drug-likeness (QED) is 0.277. The number of halogens is 1. The molecule has 0 fully saturated rings. The van der Waals surface area contributed by atoms with Crippen molar-refractivity contribution in [1.82, 2.24) is 4.98 Å². The molecule has 8 nitrogen and oxygen atoms in total. The van der Waals surface area contributed by atoms with Gasteiger partial charge in [-0.2, -0.15) is 0 Å². The van der Waals surface area contributed by atoms with Crippen molar-refractivity contribution in [2.24, 2.45) is 0 Å². The normalized spacial score (nSPS) is 11.3. The molecule has 2 heterocycles. The molecule has 4 rings (SSSR count). The summed E-state index contributed by atoms with van der Waals surface area (Å²) in [5.41, 5.74) is 0.709. The Hall–Kier alpha value is -3.56. The van der Waals surface area contributed by atoms with E-state index in [0.717, 1.165) is 4.70 Å². The maximum atomic E-state index is 11.3. The Morgan fingerprint density at radius 2 is 1.83 bits per heavy atom. The molecule has 0 saturated carbocycles. The van der Waals surface area contributed by atoms with Gasteiger partial charge < -0.3 is 4.42 Å². The van der Waals surface area contributed by atoms with Crippen molar-refractivity contribution in [3.05, 3.63) is 84.6 Å². The highest BCUT2D eigenvalue weighted by Crippen LogP contribution is 2.34. The second-order valence-electron chi connectivity index (χ2n) is 5.92. The van der Waals surface area contributed by atoms with Gasteiger partial charge in [0.05, 0.1) is 25.6 Å². The molecule has 0 spiro atoms. The molecular weight excluding hydrogens is 418 g/mol. The third-order valence-electron chi connectivity index (χ3n) is 4.04. The van der Waals surface area contributed by atoms with Gasteiger partial charge in [-0.1, -0.05) is 11.6 Å². The van der Waals surface area contributed by atoms with Crippen LogP contribution in [0.2, 0.25) is 5.02 Å². The lowest BCUT2D eigenvalue weighted by Crippen LogP contribution is -1.91. The van der Waals surface area contributed by atoms with Crippen molar-refractivity contribution in [3.8, 4) is 11.3 Å². The highest BCUT2D eigenvalue weighted by molar-refractivity contribution is 7.19. The Labute approximate surface area is 172 Å². The lowest BCUT2D eigenvalue weighted by atomic mass is 10.1. The maximum Gasteiger partial charge on any atom is 0.281 e. The summed E-state index contributed by atoms with van der Waals surface area (Å²) in [6, 6.07) is 12.2. The molecule has 0 saturated heterocycles. The van der Waals surface area contributed by atoms with E-state index in [9.17, 15) is 20.2 Å². The van der Waals surface area contributed by atoms with Gasteiger partial charge in [-0.05, 0) is 42.5 Å². The number of nitrogens with zero attached hydrogens (tertiary/aromatic N) is 3. The van der Waals surface area contributed by atoms with E-state index < -0.39 is 9.85 Å². The van der Waals surface area contributed by atoms with Crippen LogP contribution >= 0.6 is 22.9 Å². The van der Waals surface area contributed by atoms with E-state index in [-0.39, 0.29) is 16.4 Å². The van der Waals surface area contributed by atoms with E-state index in [4.69, 9.17) is 16.0 Å². The van der Waals surface area contributed by atoms with Crippen LogP contribution < -0.4 is 0 Å². The van der Waals surface area contributed by atoms with Gasteiger partial charge in [0.1, 0.15) is 16.5 Å². The molecule has 0 unspecified atom stereocenters. The Morgan fingerprint density at radius 1 is 1.00 bits per heavy atom. The lowest BCUT2D eigenvalue weighted by Gasteiger charge is -2.00. The van der Waals surface area contributed by atoms with Crippen LogP contribution in [-0.2, 0) is 0 Å². The molecule has 0 aliphatic rings. The minimum Gasteiger partial charge on any atom is -0.456 e. The maximum absolute atomic E-state index is 11.3. The van der Waals surface area contributed by atoms with Crippen molar-refractivity contribution < 1.29 is 14.3 Å². The molecule has 4 aromatic rings. The lowest BCUT2D eigenvalue weighted by molar-refractivity contribution is -0.384. The predicted octanol–water partition coefficient (Wildman–Crippen LogP) is 6.20. The van der Waals surface area contributed by atoms with Crippen LogP contribution in [0.5, 0.6) is 0 Å². The summed E-state index contributed by atoms with van der Waals surface area (Å²) in [5, 5.41) is 23.0. The Kier molecular flexibility index (Phi) is 4.83. The molecule has 0 aliphatic heterocycles. The van der Waals surface area contributed by atoms with E-state index >= 15 is 0 Å². The summed E-state index contributed by atoms with van der Waals surface area (Å²) in [7, 11) is 0. The fourth-order valence-corrected chi connectivity index (χ4v) is 3.74. The minimum absolute atomic E-state index is 0.0152. The number of nitro benzene ring substituents is 2. The first-order valence-corrected chi connectivity index (χ1v) is 9.37. The first-order valence-electron chi connectivity index (χ1n) is 8.18. The van der Waals surface area contributed by atoms with Gasteiger partial charge >= 0.3 is 0 Å². The van der Waals surface area contributed by atoms with Crippen LogP contribution in [0.4, 0.5) is 11.4 Å². The van der Waals surface area contributed by atoms with Gasteiger partial charge in [-0.25, -0.2) is 4.98 Å². The number of thiazole rings is 1. The standard InChI is InChI=1S/C19H10ClN3O5S/c20-11-1-5-14(16(9-11)23(26)27)17-6-3-13(28-17)4-8-19-21-15-10-12(22(24)25)2-7-18(15)29-19/h1-10H/b8-4+. The summed E-state index contributed by atoms with van der Waals surface area (Å²) in [5.74, 6) is 0.822. The Morgan fingerprint density at radius 3 is 2.59 bits per heavy atom. The molecule has 0 N–H and O–H groups in total. The van der Waals surface area contributed by atoms with Crippen molar-refractivity contribution in [2.45, 2.75) is 0 Å². The number of aromatic nitrogens is 1. The molecule has 0 atom stereocenters. The monoisotopic (exact) mass is 427 g/mol. The predicted molar refractivity (Wildman–Crippen MR) is 111 cm³/mol. The van der Waals surface area contributed by atoms with Crippen molar-refractivity contribution in [3.63, 3.8) is 0 Å². The van der Waals surface area contributed by atoms with Crippen molar-refractivity contribution in [1.29, 1.82) is 0 Å². The number of benzene rings is 2.